The fourth-order valence-electron chi connectivity index (χ4n) is 1.45. The van der Waals surface area contributed by atoms with Gasteiger partial charge in [0.25, 0.3) is 0 Å². The number of ether oxygens (including phenoxy) is 1. The lowest BCUT2D eigenvalue weighted by molar-refractivity contribution is 0.217. The lowest BCUT2D eigenvalue weighted by Crippen LogP contribution is -2.04. The average Bonchev–Trinajstić information content (AvgIpc) is 2.34. The van der Waals surface area contributed by atoms with Crippen LogP contribution in [0.5, 0.6) is 5.88 Å². The Balaban J connectivity index is 2.16. The molecule has 1 unspecified atom stereocenters. The van der Waals surface area contributed by atoms with E-state index in [2.05, 4.69) is 20.9 Å². The molecule has 1 atom stereocenters. The van der Waals surface area contributed by atoms with Gasteiger partial charge in [0.1, 0.15) is 11.1 Å². The third kappa shape index (κ3) is 3.20. The minimum atomic E-state index is -0.0811. The van der Waals surface area contributed by atoms with Crippen LogP contribution in [0, 0.1) is 0 Å². The third-order valence-corrected chi connectivity index (χ3v) is 3.04. The SMILES string of the molecule is CC(Oc1ncc(Br)cc1Cl)c1ccccc1. The quantitative estimate of drug-likeness (QED) is 0.824. The van der Waals surface area contributed by atoms with Crippen molar-refractivity contribution in [3.8, 4) is 5.88 Å². The molecule has 1 heterocycles. The molecule has 1 aromatic heterocycles. The molecular formula is C13H11BrClNO. The van der Waals surface area contributed by atoms with Crippen molar-refractivity contribution >= 4 is 27.5 Å². The second-order valence-corrected chi connectivity index (χ2v) is 4.93. The summed E-state index contributed by atoms with van der Waals surface area (Å²) in [5, 5.41) is 0.502. The second kappa shape index (κ2) is 5.52. The lowest BCUT2D eigenvalue weighted by Gasteiger charge is -2.14. The van der Waals surface area contributed by atoms with Gasteiger partial charge in [-0.15, -0.1) is 0 Å². The molecule has 4 heteroatoms. The predicted molar refractivity (Wildman–Crippen MR) is 72.4 cm³/mol. The molecule has 2 rings (SSSR count). The highest BCUT2D eigenvalue weighted by atomic mass is 79.9. The van der Waals surface area contributed by atoms with Gasteiger partial charge in [-0.25, -0.2) is 4.98 Å². The van der Waals surface area contributed by atoms with Crippen LogP contribution < -0.4 is 4.74 Å². The molecule has 0 amide bonds. The van der Waals surface area contributed by atoms with E-state index in [-0.39, 0.29) is 6.10 Å². The zero-order valence-electron chi connectivity index (χ0n) is 9.23. The number of halogens is 2. The Hall–Kier alpha value is -1.06. The van der Waals surface area contributed by atoms with Crippen molar-refractivity contribution in [2.45, 2.75) is 13.0 Å². The Bertz CT molecular complexity index is 504. The van der Waals surface area contributed by atoms with Crippen molar-refractivity contribution in [2.75, 3.05) is 0 Å². The van der Waals surface area contributed by atoms with Crippen LogP contribution in [-0.2, 0) is 0 Å². The Kier molecular flexibility index (Phi) is 4.02. The lowest BCUT2D eigenvalue weighted by atomic mass is 10.1. The van der Waals surface area contributed by atoms with Gasteiger partial charge in [-0.3, -0.25) is 0 Å². The summed E-state index contributed by atoms with van der Waals surface area (Å²) in [7, 11) is 0. The van der Waals surface area contributed by atoms with Gasteiger partial charge >= 0.3 is 0 Å². The highest BCUT2D eigenvalue weighted by Gasteiger charge is 2.10. The molecule has 0 saturated carbocycles. The Morgan fingerprint density at radius 1 is 1.29 bits per heavy atom. The topological polar surface area (TPSA) is 22.1 Å². The molecule has 0 radical (unpaired) electrons. The number of benzene rings is 1. The van der Waals surface area contributed by atoms with Crippen LogP contribution in [0.4, 0.5) is 0 Å². The maximum Gasteiger partial charge on any atom is 0.233 e. The van der Waals surface area contributed by atoms with E-state index in [1.165, 1.54) is 0 Å². The monoisotopic (exact) mass is 311 g/mol. The van der Waals surface area contributed by atoms with Crippen molar-refractivity contribution in [2.24, 2.45) is 0 Å². The van der Waals surface area contributed by atoms with Crippen LogP contribution >= 0.6 is 27.5 Å². The first-order valence-corrected chi connectivity index (χ1v) is 6.36. The molecule has 88 valence electrons. The smallest absolute Gasteiger partial charge is 0.233 e. The number of hydrogen-bond donors (Lipinski definition) is 0. The van der Waals surface area contributed by atoms with Crippen molar-refractivity contribution in [3.63, 3.8) is 0 Å². The molecule has 17 heavy (non-hydrogen) atoms. The van der Waals surface area contributed by atoms with E-state index >= 15 is 0 Å². The summed E-state index contributed by atoms with van der Waals surface area (Å²) in [5.74, 6) is 0.450. The normalized spacial score (nSPS) is 12.2. The van der Waals surface area contributed by atoms with E-state index in [0.717, 1.165) is 10.0 Å². The van der Waals surface area contributed by atoms with Gasteiger partial charge in [0.05, 0.1) is 0 Å². The fraction of sp³-hybridized carbons (Fsp3) is 0.154. The molecule has 0 spiro atoms. The first-order valence-electron chi connectivity index (χ1n) is 5.19. The molecule has 0 N–H and O–H groups in total. The van der Waals surface area contributed by atoms with E-state index in [1.54, 1.807) is 12.3 Å². The van der Waals surface area contributed by atoms with E-state index in [4.69, 9.17) is 16.3 Å². The van der Waals surface area contributed by atoms with Crippen LogP contribution in [0.15, 0.2) is 47.1 Å². The highest BCUT2D eigenvalue weighted by molar-refractivity contribution is 9.10. The van der Waals surface area contributed by atoms with Gasteiger partial charge in [-0.2, -0.15) is 0 Å². The van der Waals surface area contributed by atoms with E-state index < -0.39 is 0 Å². The number of pyridine rings is 1. The van der Waals surface area contributed by atoms with Gasteiger partial charge in [-0.1, -0.05) is 41.9 Å². The van der Waals surface area contributed by atoms with Crippen molar-refractivity contribution in [1.82, 2.24) is 4.98 Å². The fourth-order valence-corrected chi connectivity index (χ4v) is 2.12. The maximum atomic E-state index is 6.04. The van der Waals surface area contributed by atoms with Gasteiger partial charge < -0.3 is 4.74 Å². The Labute approximate surface area is 114 Å². The van der Waals surface area contributed by atoms with Crippen molar-refractivity contribution in [3.05, 3.63) is 57.7 Å². The van der Waals surface area contributed by atoms with Crippen LogP contribution in [0.3, 0.4) is 0 Å². The van der Waals surface area contributed by atoms with Crippen LogP contribution in [0.2, 0.25) is 5.02 Å². The summed E-state index contributed by atoms with van der Waals surface area (Å²) in [5.41, 5.74) is 1.09. The predicted octanol–water partition coefficient (Wildman–Crippen LogP) is 4.64. The molecule has 0 saturated heterocycles. The highest BCUT2D eigenvalue weighted by Crippen LogP contribution is 2.28. The standard InChI is InChI=1S/C13H11BrClNO/c1-9(10-5-3-2-4-6-10)17-13-12(15)7-11(14)8-16-13/h2-9H,1H3. The number of aromatic nitrogens is 1. The Morgan fingerprint density at radius 3 is 2.65 bits per heavy atom. The van der Waals surface area contributed by atoms with Crippen molar-refractivity contribution in [1.29, 1.82) is 0 Å². The third-order valence-electron chi connectivity index (χ3n) is 2.33. The van der Waals surface area contributed by atoms with Gasteiger partial charge in [-0.05, 0) is 34.5 Å². The largest absolute Gasteiger partial charge is 0.469 e. The van der Waals surface area contributed by atoms with E-state index in [0.29, 0.717) is 10.9 Å². The minimum absolute atomic E-state index is 0.0811. The molecule has 2 nitrogen and oxygen atoms in total. The van der Waals surface area contributed by atoms with Gasteiger partial charge in [0.2, 0.25) is 5.88 Å². The van der Waals surface area contributed by atoms with E-state index in [9.17, 15) is 0 Å². The summed E-state index contributed by atoms with van der Waals surface area (Å²) in [6.07, 6.45) is 1.58. The molecule has 0 aliphatic carbocycles. The van der Waals surface area contributed by atoms with Crippen molar-refractivity contribution < 1.29 is 4.74 Å². The summed E-state index contributed by atoms with van der Waals surface area (Å²) >= 11 is 9.35. The molecule has 0 bridgehead atoms. The number of rotatable bonds is 3. The van der Waals surface area contributed by atoms with Crippen LogP contribution in [-0.4, -0.2) is 4.98 Å². The summed E-state index contributed by atoms with van der Waals surface area (Å²) in [6, 6.07) is 11.7. The molecule has 2 aromatic rings. The second-order valence-electron chi connectivity index (χ2n) is 3.61. The minimum Gasteiger partial charge on any atom is -0.469 e. The molecule has 0 aliphatic heterocycles. The van der Waals surface area contributed by atoms with Crippen LogP contribution in [0.1, 0.15) is 18.6 Å². The zero-order valence-corrected chi connectivity index (χ0v) is 11.6. The Morgan fingerprint density at radius 2 is 2.00 bits per heavy atom. The van der Waals surface area contributed by atoms with E-state index in [1.807, 2.05) is 37.3 Å². The average molecular weight is 313 g/mol. The number of hydrogen-bond acceptors (Lipinski definition) is 2. The molecule has 0 aliphatic rings. The first-order chi connectivity index (χ1) is 8.16. The molecular weight excluding hydrogens is 302 g/mol. The summed E-state index contributed by atoms with van der Waals surface area (Å²) in [6.45, 7) is 1.97. The zero-order chi connectivity index (χ0) is 12.3. The number of nitrogens with zero attached hydrogens (tertiary/aromatic N) is 1. The summed E-state index contributed by atoms with van der Waals surface area (Å²) < 4.78 is 6.56. The van der Waals surface area contributed by atoms with Crippen LogP contribution in [0.25, 0.3) is 0 Å². The molecule has 1 aromatic carbocycles. The van der Waals surface area contributed by atoms with Gasteiger partial charge in [0, 0.05) is 10.7 Å². The van der Waals surface area contributed by atoms with Gasteiger partial charge in [0.15, 0.2) is 0 Å². The first kappa shape index (κ1) is 12.4. The molecule has 0 fully saturated rings. The summed E-state index contributed by atoms with van der Waals surface area (Å²) in [4.78, 5) is 4.14. The maximum absolute atomic E-state index is 6.04.